The van der Waals surface area contributed by atoms with Crippen LogP contribution in [0.15, 0.2) is 12.7 Å². The van der Waals surface area contributed by atoms with Gasteiger partial charge in [-0.25, -0.2) is 13.2 Å². The number of nitrogens with zero attached hydrogens (tertiary/aromatic N) is 1. The van der Waals surface area contributed by atoms with Gasteiger partial charge in [0.25, 0.3) is 5.91 Å². The Morgan fingerprint density at radius 3 is 2.16 bits per heavy atom. The topological polar surface area (TPSA) is 171 Å². The molecule has 282 valence electrons. The minimum Gasteiger partial charge on any atom is -0.346 e. The number of urea groups is 1. The molecule has 4 fully saturated rings. The summed E-state index contributed by atoms with van der Waals surface area (Å²) >= 11 is 1.40. The largest absolute Gasteiger partial charge is 0.346 e. The van der Waals surface area contributed by atoms with Crippen molar-refractivity contribution in [1.82, 2.24) is 26.2 Å². The molecule has 0 bridgehead atoms. The Morgan fingerprint density at radius 2 is 1.62 bits per heavy atom. The van der Waals surface area contributed by atoms with E-state index in [9.17, 15) is 32.4 Å². The Morgan fingerprint density at radius 1 is 1.00 bits per heavy atom. The van der Waals surface area contributed by atoms with E-state index >= 15 is 0 Å². The third kappa shape index (κ3) is 8.70. The molecule has 0 aromatic rings. The van der Waals surface area contributed by atoms with Crippen LogP contribution in [0.2, 0.25) is 0 Å². The van der Waals surface area contributed by atoms with E-state index < -0.39 is 72.5 Å². The number of amides is 5. The SMILES string of the molecule is C=CCNC(=O)C(=O)C(CC1CC1)NC(=O)[C@@H]1[C@@H]2[C@H](CN1C(=O)[C@@H](NC(=O)NC1(CS(=O)(=O)C(C)(C)C)CCCCC1)C(C)(C)SC)C2(C)C. The number of carbonyl (C=O) groups is 5. The van der Waals surface area contributed by atoms with Gasteiger partial charge in [0.2, 0.25) is 17.6 Å². The van der Waals surface area contributed by atoms with Gasteiger partial charge in [0.1, 0.15) is 12.1 Å². The van der Waals surface area contributed by atoms with Gasteiger partial charge >= 0.3 is 6.03 Å². The predicted molar refractivity (Wildman–Crippen MR) is 196 cm³/mol. The smallest absolute Gasteiger partial charge is 0.315 e. The third-order valence-corrected chi connectivity index (χ3v) is 15.7. The first-order valence-electron chi connectivity index (χ1n) is 18.0. The van der Waals surface area contributed by atoms with Crippen LogP contribution >= 0.6 is 11.8 Å². The summed E-state index contributed by atoms with van der Waals surface area (Å²) in [4.78, 5) is 69.9. The Kier molecular flexibility index (Phi) is 11.9. The van der Waals surface area contributed by atoms with Crippen LogP contribution in [-0.4, -0.2) is 101 Å². The number of piperidine rings is 1. The number of ketones is 1. The summed E-state index contributed by atoms with van der Waals surface area (Å²) in [6, 6.07) is -3.58. The van der Waals surface area contributed by atoms with Crippen molar-refractivity contribution < 1.29 is 32.4 Å². The second kappa shape index (κ2) is 14.8. The van der Waals surface area contributed by atoms with Gasteiger partial charge in [-0.3, -0.25) is 19.2 Å². The van der Waals surface area contributed by atoms with Crippen LogP contribution in [0, 0.1) is 23.2 Å². The fraction of sp³-hybridized carbons (Fsp3) is 0.806. The van der Waals surface area contributed by atoms with Crippen molar-refractivity contribution in [3.63, 3.8) is 0 Å². The lowest BCUT2D eigenvalue weighted by Crippen LogP contribution is -2.65. The van der Waals surface area contributed by atoms with Crippen LogP contribution in [0.4, 0.5) is 4.79 Å². The zero-order chi connectivity index (χ0) is 37.4. The molecule has 0 spiro atoms. The molecule has 3 aliphatic carbocycles. The zero-order valence-electron chi connectivity index (χ0n) is 31.1. The number of likely N-dealkylation sites (tertiary alicyclic amines) is 1. The molecular formula is C36H59N5O7S2. The number of thioether (sulfide) groups is 1. The average Bonchev–Trinajstić information content (AvgIpc) is 3.88. The molecule has 1 heterocycles. The summed E-state index contributed by atoms with van der Waals surface area (Å²) in [6.45, 7) is 16.8. The lowest BCUT2D eigenvalue weighted by atomic mass is 9.83. The summed E-state index contributed by atoms with van der Waals surface area (Å²) < 4.78 is 24.9. The number of hydrogen-bond donors (Lipinski definition) is 4. The highest BCUT2D eigenvalue weighted by Gasteiger charge is 2.70. The Labute approximate surface area is 302 Å². The first-order chi connectivity index (χ1) is 23.1. The molecule has 1 saturated heterocycles. The molecule has 3 saturated carbocycles. The molecule has 0 aromatic heterocycles. The number of hydrogen-bond acceptors (Lipinski definition) is 8. The van der Waals surface area contributed by atoms with Crippen molar-refractivity contribution in [2.75, 3.05) is 25.1 Å². The summed E-state index contributed by atoms with van der Waals surface area (Å²) in [5, 5.41) is 11.3. The Bertz CT molecular complexity index is 1460. The molecule has 50 heavy (non-hydrogen) atoms. The van der Waals surface area contributed by atoms with Crippen LogP contribution in [0.25, 0.3) is 0 Å². The molecule has 14 heteroatoms. The maximum Gasteiger partial charge on any atom is 0.315 e. The van der Waals surface area contributed by atoms with Crippen LogP contribution in [0.5, 0.6) is 0 Å². The number of sulfone groups is 1. The number of Topliss-reactive ketones (excluding diaryl/α,β-unsaturated/α-hetero) is 1. The molecule has 4 rings (SSSR count). The fourth-order valence-electron chi connectivity index (χ4n) is 7.74. The summed E-state index contributed by atoms with van der Waals surface area (Å²) in [5.41, 5.74) is -1.17. The van der Waals surface area contributed by atoms with Crippen LogP contribution in [0.1, 0.15) is 99.8 Å². The zero-order valence-corrected chi connectivity index (χ0v) is 32.8. The number of nitrogens with one attached hydrogen (secondary N) is 4. The summed E-state index contributed by atoms with van der Waals surface area (Å²) in [6.07, 6.45) is 9.04. The van der Waals surface area contributed by atoms with Crippen LogP contribution in [0.3, 0.4) is 0 Å². The second-order valence-electron chi connectivity index (χ2n) is 17.0. The number of fused-ring (bicyclic) bond motifs is 1. The molecular weight excluding hydrogens is 679 g/mol. The molecule has 4 aliphatic rings. The van der Waals surface area contributed by atoms with Gasteiger partial charge < -0.3 is 26.2 Å². The van der Waals surface area contributed by atoms with Crippen LogP contribution < -0.4 is 21.3 Å². The highest BCUT2D eigenvalue weighted by atomic mass is 32.2. The first kappa shape index (κ1) is 40.2. The van der Waals surface area contributed by atoms with Gasteiger partial charge in [0.05, 0.1) is 22.1 Å². The van der Waals surface area contributed by atoms with E-state index in [4.69, 9.17) is 0 Å². The molecule has 5 atom stereocenters. The highest BCUT2D eigenvalue weighted by molar-refractivity contribution is 8.00. The number of carbonyl (C=O) groups excluding carboxylic acids is 5. The van der Waals surface area contributed by atoms with E-state index in [1.165, 1.54) is 22.7 Å². The lowest BCUT2D eigenvalue weighted by molar-refractivity contribution is -0.144. The molecule has 1 aliphatic heterocycles. The number of rotatable bonds is 15. The summed E-state index contributed by atoms with van der Waals surface area (Å²) in [5.74, 6) is -2.47. The Hall–Kier alpha value is -2.61. The van der Waals surface area contributed by atoms with Crippen LogP contribution in [-0.2, 0) is 29.0 Å². The molecule has 5 amide bonds. The van der Waals surface area contributed by atoms with Gasteiger partial charge in [-0.1, -0.05) is 52.0 Å². The standard InChI is InChI=1S/C36H59N5O7S2/c1-10-18-37-30(44)27(42)24(19-22-14-15-22)38-29(43)26-25-23(34(25,5)6)20-41(26)31(45)28(35(7,8)49-9)39-32(46)40-36(16-12-11-13-17-36)21-50(47,48)33(2,3)4/h10,22-26,28H,1,11-21H2,2-9H3,(H,37,44)(H,38,43)(H2,39,40,46)/t23-,24?,25-,26-,28+/m0/s1. The van der Waals surface area contributed by atoms with E-state index in [1.807, 2.05) is 20.1 Å². The van der Waals surface area contributed by atoms with Gasteiger partial charge in [0, 0.05) is 17.8 Å². The van der Waals surface area contributed by atoms with E-state index in [-0.39, 0.29) is 35.5 Å². The highest BCUT2D eigenvalue weighted by Crippen LogP contribution is 2.65. The van der Waals surface area contributed by atoms with Gasteiger partial charge in [0.15, 0.2) is 9.84 Å². The monoisotopic (exact) mass is 737 g/mol. The van der Waals surface area contributed by atoms with Crippen molar-refractivity contribution in [1.29, 1.82) is 0 Å². The van der Waals surface area contributed by atoms with Gasteiger partial charge in [-0.05, 0) is 83.3 Å². The van der Waals surface area contributed by atoms with Crippen molar-refractivity contribution in [2.45, 2.75) is 133 Å². The summed E-state index contributed by atoms with van der Waals surface area (Å²) in [7, 11) is -3.57. The average molecular weight is 738 g/mol. The molecule has 0 radical (unpaired) electrons. The predicted octanol–water partition coefficient (Wildman–Crippen LogP) is 3.35. The Balaban J connectivity index is 1.57. The minimum atomic E-state index is -3.57. The lowest BCUT2D eigenvalue weighted by Gasteiger charge is -2.41. The maximum absolute atomic E-state index is 14.6. The molecule has 12 nitrogen and oxygen atoms in total. The normalized spacial score (nSPS) is 25.4. The van der Waals surface area contributed by atoms with Crippen molar-refractivity contribution in [3.8, 4) is 0 Å². The van der Waals surface area contributed by atoms with Crippen molar-refractivity contribution >= 4 is 51.1 Å². The second-order valence-corrected chi connectivity index (χ2v) is 21.2. The first-order valence-corrected chi connectivity index (χ1v) is 20.9. The quantitative estimate of drug-likeness (QED) is 0.147. The van der Waals surface area contributed by atoms with Crippen molar-refractivity contribution in [2.24, 2.45) is 23.2 Å². The molecule has 1 unspecified atom stereocenters. The third-order valence-electron chi connectivity index (χ3n) is 11.6. The van der Waals surface area contributed by atoms with Gasteiger partial charge in [-0.2, -0.15) is 11.8 Å². The van der Waals surface area contributed by atoms with E-state index in [0.717, 1.165) is 32.1 Å². The van der Waals surface area contributed by atoms with E-state index in [2.05, 4.69) is 41.7 Å². The van der Waals surface area contributed by atoms with Crippen molar-refractivity contribution in [3.05, 3.63) is 12.7 Å². The fourth-order valence-corrected chi connectivity index (χ4v) is 9.65. The van der Waals surface area contributed by atoms with Gasteiger partial charge in [-0.15, -0.1) is 6.58 Å². The van der Waals surface area contributed by atoms with E-state index in [1.54, 1.807) is 20.8 Å². The molecule has 0 aromatic carbocycles. The minimum absolute atomic E-state index is 0.0515. The van der Waals surface area contributed by atoms with E-state index in [0.29, 0.717) is 25.8 Å². The molecule has 4 N–H and O–H groups in total. The maximum atomic E-state index is 14.6.